The molecule has 22 heavy (non-hydrogen) atoms. The highest BCUT2D eigenvalue weighted by Gasteiger charge is 2.35. The first-order valence-corrected chi connectivity index (χ1v) is 9.11. The second-order valence-electron chi connectivity index (χ2n) is 6.80. The van der Waals surface area contributed by atoms with Crippen LogP contribution >= 0.6 is 11.3 Å². The zero-order valence-corrected chi connectivity index (χ0v) is 14.4. The minimum atomic E-state index is 0.348. The molecule has 1 saturated heterocycles. The van der Waals surface area contributed by atoms with Crippen LogP contribution in [0.5, 0.6) is 0 Å². The number of aromatic nitrogens is 2. The first-order chi connectivity index (χ1) is 10.6. The molecule has 0 spiro atoms. The predicted octanol–water partition coefficient (Wildman–Crippen LogP) is 3.44. The van der Waals surface area contributed by atoms with Crippen molar-refractivity contribution >= 4 is 22.1 Å². The molecule has 0 unspecified atom stereocenters. The summed E-state index contributed by atoms with van der Waals surface area (Å²) < 4.78 is 2.30. The molecular weight excluding hydrogens is 294 g/mol. The number of piperidine rings is 1. The lowest BCUT2D eigenvalue weighted by atomic mass is 9.94. The molecular formula is C17H23N3OS. The maximum absolute atomic E-state index is 12.2. The molecule has 3 heterocycles. The third-order valence-corrected chi connectivity index (χ3v) is 6.43. The number of imidazole rings is 1. The summed E-state index contributed by atoms with van der Waals surface area (Å²) in [5.41, 5.74) is 2.58. The van der Waals surface area contributed by atoms with E-state index >= 15 is 0 Å². The number of thiazole rings is 1. The van der Waals surface area contributed by atoms with Gasteiger partial charge < -0.3 is 4.90 Å². The molecule has 2 aromatic rings. The van der Waals surface area contributed by atoms with Crippen LogP contribution in [0.1, 0.15) is 53.7 Å². The zero-order valence-electron chi connectivity index (χ0n) is 13.6. The van der Waals surface area contributed by atoms with E-state index in [4.69, 9.17) is 4.98 Å². The van der Waals surface area contributed by atoms with Crippen molar-refractivity contribution < 1.29 is 4.79 Å². The van der Waals surface area contributed by atoms with Crippen LogP contribution in [0.4, 0.5) is 0 Å². The van der Waals surface area contributed by atoms with E-state index in [1.165, 1.54) is 21.1 Å². The van der Waals surface area contributed by atoms with Crippen LogP contribution in [0.15, 0.2) is 0 Å². The summed E-state index contributed by atoms with van der Waals surface area (Å²) in [4.78, 5) is 21.8. The summed E-state index contributed by atoms with van der Waals surface area (Å²) in [5, 5.41) is 0. The topological polar surface area (TPSA) is 37.6 Å². The van der Waals surface area contributed by atoms with Gasteiger partial charge in [-0.25, -0.2) is 4.98 Å². The van der Waals surface area contributed by atoms with E-state index in [1.807, 2.05) is 11.3 Å². The van der Waals surface area contributed by atoms with Crippen LogP contribution in [0.25, 0.3) is 4.83 Å². The second-order valence-corrected chi connectivity index (χ2v) is 8.01. The Morgan fingerprint density at radius 1 is 1.14 bits per heavy atom. The van der Waals surface area contributed by atoms with Crippen LogP contribution in [0.2, 0.25) is 0 Å². The summed E-state index contributed by atoms with van der Waals surface area (Å²) >= 11 is 1.86. The molecule has 118 valence electrons. The van der Waals surface area contributed by atoms with Gasteiger partial charge in [-0.05, 0) is 46.5 Å². The average molecular weight is 317 g/mol. The molecule has 4 nitrogen and oxygen atoms in total. The number of hydrogen-bond donors (Lipinski definition) is 0. The van der Waals surface area contributed by atoms with Crippen molar-refractivity contribution in [2.45, 2.75) is 52.4 Å². The minimum Gasteiger partial charge on any atom is -0.342 e. The van der Waals surface area contributed by atoms with Gasteiger partial charge in [-0.15, -0.1) is 11.3 Å². The molecule has 0 aromatic carbocycles. The lowest BCUT2D eigenvalue weighted by molar-refractivity contribution is -0.133. The van der Waals surface area contributed by atoms with E-state index in [0.717, 1.165) is 44.6 Å². The van der Waals surface area contributed by atoms with Gasteiger partial charge in [-0.1, -0.05) is 0 Å². The number of rotatable bonds is 2. The summed E-state index contributed by atoms with van der Waals surface area (Å²) in [5.74, 6) is 2.35. The van der Waals surface area contributed by atoms with Crippen molar-refractivity contribution in [2.75, 3.05) is 13.1 Å². The second kappa shape index (κ2) is 5.08. The molecule has 2 aromatic heterocycles. The average Bonchev–Trinajstić information content (AvgIpc) is 3.26. The van der Waals surface area contributed by atoms with Gasteiger partial charge in [0, 0.05) is 35.5 Å². The van der Waals surface area contributed by atoms with Gasteiger partial charge in [-0.2, -0.15) is 0 Å². The Bertz CT molecular complexity index is 733. The molecule has 1 amide bonds. The Balaban J connectivity index is 1.56. The van der Waals surface area contributed by atoms with Crippen LogP contribution in [-0.4, -0.2) is 33.3 Å². The molecule has 4 rings (SSSR count). The molecule has 0 bridgehead atoms. The van der Waals surface area contributed by atoms with Crippen LogP contribution < -0.4 is 0 Å². The van der Waals surface area contributed by atoms with Gasteiger partial charge in [0.2, 0.25) is 5.91 Å². The summed E-state index contributed by atoms with van der Waals surface area (Å²) in [6, 6.07) is 0. The van der Waals surface area contributed by atoms with E-state index in [9.17, 15) is 4.79 Å². The van der Waals surface area contributed by atoms with E-state index in [0.29, 0.717) is 17.7 Å². The van der Waals surface area contributed by atoms with Crippen molar-refractivity contribution in [2.24, 2.45) is 5.92 Å². The van der Waals surface area contributed by atoms with E-state index in [2.05, 4.69) is 30.1 Å². The third kappa shape index (κ3) is 2.18. The van der Waals surface area contributed by atoms with Crippen LogP contribution in [-0.2, 0) is 4.79 Å². The Labute approximate surface area is 135 Å². The van der Waals surface area contributed by atoms with Crippen molar-refractivity contribution in [3.05, 3.63) is 22.1 Å². The Morgan fingerprint density at radius 2 is 1.82 bits per heavy atom. The van der Waals surface area contributed by atoms with Gasteiger partial charge in [0.05, 0.1) is 5.69 Å². The highest BCUT2D eigenvalue weighted by molar-refractivity contribution is 7.17. The molecule has 5 heteroatoms. The molecule has 0 N–H and O–H groups in total. The maximum Gasteiger partial charge on any atom is 0.225 e. The fourth-order valence-corrected chi connectivity index (χ4v) is 4.84. The molecule has 0 atom stereocenters. The number of hydrogen-bond acceptors (Lipinski definition) is 3. The Hall–Kier alpha value is -1.36. The van der Waals surface area contributed by atoms with Crippen molar-refractivity contribution in [3.63, 3.8) is 0 Å². The number of likely N-dealkylation sites (tertiary alicyclic amines) is 1. The van der Waals surface area contributed by atoms with Gasteiger partial charge in [0.1, 0.15) is 10.7 Å². The molecule has 2 aliphatic rings. The lowest BCUT2D eigenvalue weighted by Gasteiger charge is -2.31. The van der Waals surface area contributed by atoms with Crippen LogP contribution in [0.3, 0.4) is 0 Å². The van der Waals surface area contributed by atoms with E-state index in [1.54, 1.807) is 0 Å². The first kappa shape index (κ1) is 14.2. The quantitative estimate of drug-likeness (QED) is 0.851. The fraction of sp³-hybridized carbons (Fsp3) is 0.647. The highest BCUT2D eigenvalue weighted by Crippen LogP contribution is 2.37. The first-order valence-electron chi connectivity index (χ1n) is 8.30. The van der Waals surface area contributed by atoms with Crippen LogP contribution in [0, 0.1) is 26.7 Å². The number of fused-ring (bicyclic) bond motifs is 1. The standard InChI is InChI=1S/C17H23N3OS/c1-10-11(2)22-17-15(18-12(3)20(10)17)13-6-8-19(9-7-13)16(21)14-4-5-14/h13-14H,4-9H2,1-3H3. The molecule has 2 fully saturated rings. The Kier molecular flexibility index (Phi) is 3.29. The number of nitrogens with zero attached hydrogens (tertiary/aromatic N) is 3. The summed E-state index contributed by atoms with van der Waals surface area (Å²) in [7, 11) is 0. The van der Waals surface area contributed by atoms with Gasteiger partial charge in [-0.3, -0.25) is 9.20 Å². The van der Waals surface area contributed by atoms with Crippen molar-refractivity contribution in [3.8, 4) is 0 Å². The fourth-order valence-electron chi connectivity index (χ4n) is 3.63. The van der Waals surface area contributed by atoms with E-state index < -0.39 is 0 Å². The van der Waals surface area contributed by atoms with E-state index in [-0.39, 0.29) is 0 Å². The SMILES string of the molecule is Cc1sc2c(C3CCN(C(=O)C4CC4)CC3)nc(C)n2c1C. The summed E-state index contributed by atoms with van der Waals surface area (Å²) in [6.45, 7) is 8.27. The smallest absolute Gasteiger partial charge is 0.225 e. The minimum absolute atomic E-state index is 0.348. The number of carbonyl (C=O) groups is 1. The largest absolute Gasteiger partial charge is 0.342 e. The van der Waals surface area contributed by atoms with Gasteiger partial charge >= 0.3 is 0 Å². The zero-order chi connectivity index (χ0) is 15.4. The van der Waals surface area contributed by atoms with Gasteiger partial charge in [0.25, 0.3) is 0 Å². The lowest BCUT2D eigenvalue weighted by Crippen LogP contribution is -2.38. The van der Waals surface area contributed by atoms with Gasteiger partial charge in [0.15, 0.2) is 0 Å². The number of amides is 1. The van der Waals surface area contributed by atoms with Crippen molar-refractivity contribution in [1.82, 2.24) is 14.3 Å². The maximum atomic E-state index is 12.2. The molecule has 1 aliphatic carbocycles. The highest BCUT2D eigenvalue weighted by atomic mass is 32.1. The van der Waals surface area contributed by atoms with Crippen molar-refractivity contribution in [1.29, 1.82) is 0 Å². The number of carbonyl (C=O) groups excluding carboxylic acids is 1. The summed E-state index contributed by atoms with van der Waals surface area (Å²) in [6.07, 6.45) is 4.32. The Morgan fingerprint density at radius 3 is 2.45 bits per heavy atom. The molecule has 0 radical (unpaired) electrons. The monoisotopic (exact) mass is 317 g/mol. The predicted molar refractivity (Wildman–Crippen MR) is 88.6 cm³/mol. The number of aryl methyl sites for hydroxylation is 3. The molecule has 1 saturated carbocycles. The molecule has 1 aliphatic heterocycles. The third-order valence-electron chi connectivity index (χ3n) is 5.24. The normalized spacial score (nSPS) is 20.0.